The van der Waals surface area contributed by atoms with Gasteiger partial charge in [0.15, 0.2) is 0 Å². The summed E-state index contributed by atoms with van der Waals surface area (Å²) < 4.78 is 5.20. The Labute approximate surface area is 85.6 Å². The number of amides is 1. The molecule has 1 amide bonds. The lowest BCUT2D eigenvalue weighted by atomic mass is 10.5. The number of hydrogen-bond acceptors (Lipinski definition) is 4. The lowest BCUT2D eigenvalue weighted by molar-refractivity contribution is -0.121. The Hall–Kier alpha value is -0.650. The van der Waals surface area contributed by atoms with E-state index in [0.29, 0.717) is 32.8 Å². The molecule has 0 aromatic rings. The molecule has 0 fully saturated rings. The number of carbonyl (C=O) groups is 1. The van der Waals surface area contributed by atoms with Gasteiger partial charge in [0.2, 0.25) is 5.91 Å². The quantitative estimate of drug-likeness (QED) is 0.498. The van der Waals surface area contributed by atoms with E-state index in [-0.39, 0.29) is 5.91 Å². The molecule has 0 heterocycles. The predicted molar refractivity (Wildman–Crippen MR) is 56.1 cm³/mol. The van der Waals surface area contributed by atoms with Gasteiger partial charge in [-0.25, -0.2) is 0 Å². The van der Waals surface area contributed by atoms with E-state index in [2.05, 4.69) is 5.32 Å². The van der Waals surface area contributed by atoms with Gasteiger partial charge in [0, 0.05) is 19.6 Å². The minimum absolute atomic E-state index is 0.0498. The van der Waals surface area contributed by atoms with E-state index in [9.17, 15) is 4.79 Å². The van der Waals surface area contributed by atoms with Crippen LogP contribution in [0, 0.1) is 0 Å². The highest BCUT2D eigenvalue weighted by molar-refractivity contribution is 5.77. The summed E-state index contributed by atoms with van der Waals surface area (Å²) in [6.07, 6.45) is 0. The van der Waals surface area contributed by atoms with Gasteiger partial charge in [0.05, 0.1) is 19.8 Å². The Bertz CT molecular complexity index is 153. The molecule has 5 heteroatoms. The van der Waals surface area contributed by atoms with E-state index in [1.165, 1.54) is 0 Å². The van der Waals surface area contributed by atoms with Gasteiger partial charge in [-0.3, -0.25) is 9.69 Å². The smallest absolute Gasteiger partial charge is 0.234 e. The van der Waals surface area contributed by atoms with Crippen LogP contribution < -0.4 is 11.1 Å². The molecule has 0 atom stereocenters. The van der Waals surface area contributed by atoms with Gasteiger partial charge < -0.3 is 15.8 Å². The summed E-state index contributed by atoms with van der Waals surface area (Å²) in [7, 11) is 1.89. The largest absolute Gasteiger partial charge is 0.379 e. The molecule has 84 valence electrons. The normalized spacial score (nSPS) is 10.6. The SMILES string of the molecule is CCNC(=O)CN(C)CCOCCN. The lowest BCUT2D eigenvalue weighted by Crippen LogP contribution is -2.36. The minimum atomic E-state index is 0.0498. The average molecular weight is 203 g/mol. The Morgan fingerprint density at radius 2 is 2.21 bits per heavy atom. The fourth-order valence-electron chi connectivity index (χ4n) is 0.983. The van der Waals surface area contributed by atoms with Crippen molar-refractivity contribution in [2.45, 2.75) is 6.92 Å². The molecule has 0 radical (unpaired) electrons. The van der Waals surface area contributed by atoms with E-state index in [0.717, 1.165) is 6.54 Å². The zero-order chi connectivity index (χ0) is 10.8. The van der Waals surface area contributed by atoms with Gasteiger partial charge >= 0.3 is 0 Å². The maximum absolute atomic E-state index is 11.1. The first-order valence-electron chi connectivity index (χ1n) is 4.93. The molecule has 0 aromatic carbocycles. The molecular formula is C9H21N3O2. The van der Waals surface area contributed by atoms with E-state index in [1.807, 2.05) is 18.9 Å². The van der Waals surface area contributed by atoms with E-state index in [4.69, 9.17) is 10.5 Å². The standard InChI is InChI=1S/C9H21N3O2/c1-3-11-9(13)8-12(2)5-7-14-6-4-10/h3-8,10H2,1-2H3,(H,11,13). The first-order valence-corrected chi connectivity index (χ1v) is 4.93. The highest BCUT2D eigenvalue weighted by Gasteiger charge is 2.04. The maximum Gasteiger partial charge on any atom is 0.234 e. The number of likely N-dealkylation sites (N-methyl/N-ethyl adjacent to an activating group) is 2. The van der Waals surface area contributed by atoms with Gasteiger partial charge in [0.25, 0.3) is 0 Å². The van der Waals surface area contributed by atoms with Gasteiger partial charge in [0.1, 0.15) is 0 Å². The van der Waals surface area contributed by atoms with Crippen molar-refractivity contribution < 1.29 is 9.53 Å². The number of carbonyl (C=O) groups excluding carboxylic acids is 1. The average Bonchev–Trinajstić information content (AvgIpc) is 2.13. The third-order valence-corrected chi connectivity index (χ3v) is 1.67. The molecular weight excluding hydrogens is 182 g/mol. The van der Waals surface area contributed by atoms with Crippen LogP contribution in [0.3, 0.4) is 0 Å². The minimum Gasteiger partial charge on any atom is -0.379 e. The summed E-state index contributed by atoms with van der Waals surface area (Å²) >= 11 is 0. The van der Waals surface area contributed by atoms with Gasteiger partial charge in [-0.05, 0) is 14.0 Å². The molecule has 0 saturated carbocycles. The molecule has 0 bridgehead atoms. The number of hydrogen-bond donors (Lipinski definition) is 2. The monoisotopic (exact) mass is 203 g/mol. The molecule has 14 heavy (non-hydrogen) atoms. The predicted octanol–water partition coefficient (Wildman–Crippen LogP) is -0.970. The third-order valence-electron chi connectivity index (χ3n) is 1.67. The number of nitrogens with one attached hydrogen (secondary N) is 1. The van der Waals surface area contributed by atoms with Crippen LogP contribution in [0.2, 0.25) is 0 Å². The molecule has 0 aliphatic carbocycles. The summed E-state index contributed by atoms with van der Waals surface area (Å²) in [5.74, 6) is 0.0498. The second-order valence-electron chi connectivity index (χ2n) is 3.09. The lowest BCUT2D eigenvalue weighted by Gasteiger charge is -2.15. The molecule has 0 rings (SSSR count). The topological polar surface area (TPSA) is 67.6 Å². The van der Waals surface area contributed by atoms with E-state index >= 15 is 0 Å². The number of rotatable bonds is 8. The molecule has 3 N–H and O–H groups in total. The van der Waals surface area contributed by atoms with Crippen LogP contribution in [0.5, 0.6) is 0 Å². The van der Waals surface area contributed by atoms with Crippen molar-refractivity contribution in [2.75, 3.05) is 46.4 Å². The summed E-state index contributed by atoms with van der Waals surface area (Å²) in [4.78, 5) is 13.0. The van der Waals surface area contributed by atoms with E-state index < -0.39 is 0 Å². The van der Waals surface area contributed by atoms with Crippen molar-refractivity contribution in [1.82, 2.24) is 10.2 Å². The summed E-state index contributed by atoms with van der Waals surface area (Å²) in [5.41, 5.74) is 5.26. The zero-order valence-corrected chi connectivity index (χ0v) is 9.08. The Kier molecular flexibility index (Phi) is 8.51. The Morgan fingerprint density at radius 1 is 1.50 bits per heavy atom. The van der Waals surface area contributed by atoms with Crippen molar-refractivity contribution in [3.8, 4) is 0 Å². The number of ether oxygens (including phenoxy) is 1. The van der Waals surface area contributed by atoms with Gasteiger partial charge in [-0.15, -0.1) is 0 Å². The molecule has 0 unspecified atom stereocenters. The summed E-state index contributed by atoms with van der Waals surface area (Å²) in [6.45, 7) is 5.48. The molecule has 5 nitrogen and oxygen atoms in total. The Morgan fingerprint density at radius 3 is 2.79 bits per heavy atom. The van der Waals surface area contributed by atoms with Crippen molar-refractivity contribution in [3.63, 3.8) is 0 Å². The molecule has 0 aliphatic heterocycles. The van der Waals surface area contributed by atoms with Crippen LogP contribution in [0.25, 0.3) is 0 Å². The van der Waals surface area contributed by atoms with Crippen molar-refractivity contribution in [2.24, 2.45) is 5.73 Å². The highest BCUT2D eigenvalue weighted by atomic mass is 16.5. The first kappa shape index (κ1) is 13.4. The molecule has 0 aliphatic rings. The van der Waals surface area contributed by atoms with Crippen molar-refractivity contribution >= 4 is 5.91 Å². The van der Waals surface area contributed by atoms with Crippen LogP contribution in [-0.4, -0.2) is 57.2 Å². The first-order chi connectivity index (χ1) is 6.70. The fraction of sp³-hybridized carbons (Fsp3) is 0.889. The van der Waals surface area contributed by atoms with Crippen LogP contribution in [0.1, 0.15) is 6.92 Å². The third kappa shape index (κ3) is 7.97. The summed E-state index contributed by atoms with van der Waals surface area (Å²) in [5, 5.41) is 2.74. The van der Waals surface area contributed by atoms with Crippen molar-refractivity contribution in [1.29, 1.82) is 0 Å². The fourth-order valence-corrected chi connectivity index (χ4v) is 0.983. The number of nitrogens with zero attached hydrogens (tertiary/aromatic N) is 1. The van der Waals surface area contributed by atoms with Crippen LogP contribution in [0.15, 0.2) is 0 Å². The van der Waals surface area contributed by atoms with Gasteiger partial charge in [-0.2, -0.15) is 0 Å². The highest BCUT2D eigenvalue weighted by Crippen LogP contribution is 1.83. The second-order valence-corrected chi connectivity index (χ2v) is 3.09. The molecule has 0 aromatic heterocycles. The van der Waals surface area contributed by atoms with E-state index in [1.54, 1.807) is 0 Å². The van der Waals surface area contributed by atoms with Crippen LogP contribution in [0.4, 0.5) is 0 Å². The van der Waals surface area contributed by atoms with Crippen LogP contribution in [-0.2, 0) is 9.53 Å². The van der Waals surface area contributed by atoms with Gasteiger partial charge in [-0.1, -0.05) is 0 Å². The Balaban J connectivity index is 3.35. The maximum atomic E-state index is 11.1. The molecule has 0 saturated heterocycles. The zero-order valence-electron chi connectivity index (χ0n) is 9.08. The van der Waals surface area contributed by atoms with Crippen LogP contribution >= 0.6 is 0 Å². The molecule has 0 spiro atoms. The number of nitrogens with two attached hydrogens (primary N) is 1. The second kappa shape index (κ2) is 8.93. The summed E-state index contributed by atoms with van der Waals surface area (Å²) in [6, 6.07) is 0. The van der Waals surface area contributed by atoms with Crippen molar-refractivity contribution in [3.05, 3.63) is 0 Å².